The molecule has 2 aliphatic heterocycles. The molecule has 0 spiro atoms. The fourth-order valence-electron chi connectivity index (χ4n) is 4.37. The third-order valence-corrected chi connectivity index (χ3v) is 5.49. The SMILES string of the molecule is CCOc1ccccc1C(=O)NCC(=O)N1CCCC1CN1CC(C)OC(C)C1. The molecule has 1 aromatic carbocycles. The van der Waals surface area contributed by atoms with Crippen molar-refractivity contribution in [3.63, 3.8) is 0 Å². The second kappa shape index (κ2) is 10.1. The molecule has 2 saturated heterocycles. The molecule has 0 radical (unpaired) electrons. The first-order chi connectivity index (χ1) is 14.0. The molecule has 2 aliphatic rings. The van der Waals surface area contributed by atoms with Gasteiger partial charge in [0, 0.05) is 32.2 Å². The largest absolute Gasteiger partial charge is 0.493 e. The van der Waals surface area contributed by atoms with Crippen molar-refractivity contribution in [1.29, 1.82) is 0 Å². The lowest BCUT2D eigenvalue weighted by molar-refractivity contribution is -0.131. The van der Waals surface area contributed by atoms with Gasteiger partial charge in [-0.15, -0.1) is 0 Å². The summed E-state index contributed by atoms with van der Waals surface area (Å²) in [6.07, 6.45) is 2.45. The van der Waals surface area contributed by atoms with Crippen LogP contribution >= 0.6 is 0 Å². The smallest absolute Gasteiger partial charge is 0.255 e. The quantitative estimate of drug-likeness (QED) is 0.753. The molecular formula is C22H33N3O4. The molecule has 29 heavy (non-hydrogen) atoms. The lowest BCUT2D eigenvalue weighted by Crippen LogP contribution is -2.52. The Kier molecular flexibility index (Phi) is 7.50. The van der Waals surface area contributed by atoms with Gasteiger partial charge in [0.15, 0.2) is 0 Å². The van der Waals surface area contributed by atoms with Crippen LogP contribution in [0.15, 0.2) is 24.3 Å². The van der Waals surface area contributed by atoms with Gasteiger partial charge in [-0.25, -0.2) is 0 Å². The van der Waals surface area contributed by atoms with E-state index in [1.807, 2.05) is 17.9 Å². The first-order valence-electron chi connectivity index (χ1n) is 10.6. The highest BCUT2D eigenvalue weighted by molar-refractivity contribution is 5.98. The number of carbonyl (C=O) groups excluding carboxylic acids is 2. The van der Waals surface area contributed by atoms with Crippen LogP contribution in [0, 0.1) is 0 Å². The van der Waals surface area contributed by atoms with Crippen molar-refractivity contribution in [2.45, 2.75) is 51.9 Å². The van der Waals surface area contributed by atoms with Gasteiger partial charge in [-0.2, -0.15) is 0 Å². The number of rotatable bonds is 7. The van der Waals surface area contributed by atoms with E-state index in [4.69, 9.17) is 9.47 Å². The highest BCUT2D eigenvalue weighted by atomic mass is 16.5. The summed E-state index contributed by atoms with van der Waals surface area (Å²) in [4.78, 5) is 29.7. The van der Waals surface area contributed by atoms with Crippen molar-refractivity contribution < 1.29 is 19.1 Å². The zero-order valence-electron chi connectivity index (χ0n) is 17.7. The molecule has 0 aliphatic carbocycles. The fraction of sp³-hybridized carbons (Fsp3) is 0.636. The second-order valence-corrected chi connectivity index (χ2v) is 7.97. The Balaban J connectivity index is 1.54. The molecule has 1 aromatic rings. The first-order valence-corrected chi connectivity index (χ1v) is 10.6. The van der Waals surface area contributed by atoms with E-state index in [1.165, 1.54) is 0 Å². The maximum atomic E-state index is 12.8. The van der Waals surface area contributed by atoms with Crippen LogP contribution in [0.2, 0.25) is 0 Å². The first kappa shape index (κ1) is 21.6. The molecule has 0 aromatic heterocycles. The van der Waals surface area contributed by atoms with E-state index >= 15 is 0 Å². The highest BCUT2D eigenvalue weighted by Gasteiger charge is 2.32. The van der Waals surface area contributed by atoms with Crippen molar-refractivity contribution in [3.8, 4) is 5.75 Å². The molecule has 3 rings (SSSR count). The number of nitrogens with one attached hydrogen (secondary N) is 1. The summed E-state index contributed by atoms with van der Waals surface area (Å²) in [7, 11) is 0. The monoisotopic (exact) mass is 403 g/mol. The molecule has 1 N–H and O–H groups in total. The lowest BCUT2D eigenvalue weighted by Gasteiger charge is -2.38. The summed E-state index contributed by atoms with van der Waals surface area (Å²) in [6, 6.07) is 7.30. The van der Waals surface area contributed by atoms with Crippen LogP contribution in [0.3, 0.4) is 0 Å². The molecule has 7 nitrogen and oxygen atoms in total. The third kappa shape index (κ3) is 5.70. The van der Waals surface area contributed by atoms with Gasteiger partial charge in [0.2, 0.25) is 5.91 Å². The predicted molar refractivity (Wildman–Crippen MR) is 111 cm³/mol. The number of carbonyl (C=O) groups is 2. The Morgan fingerprint density at radius 3 is 2.66 bits per heavy atom. The van der Waals surface area contributed by atoms with Gasteiger partial charge in [-0.1, -0.05) is 12.1 Å². The Labute approximate surface area is 173 Å². The number of benzene rings is 1. The maximum Gasteiger partial charge on any atom is 0.255 e. The molecular weight excluding hydrogens is 370 g/mol. The van der Waals surface area contributed by atoms with E-state index in [9.17, 15) is 9.59 Å². The Bertz CT molecular complexity index is 701. The van der Waals surface area contributed by atoms with E-state index < -0.39 is 0 Å². The minimum Gasteiger partial charge on any atom is -0.493 e. The van der Waals surface area contributed by atoms with Crippen LogP contribution in [0.25, 0.3) is 0 Å². The van der Waals surface area contributed by atoms with Crippen molar-refractivity contribution in [2.75, 3.05) is 39.3 Å². The molecule has 2 fully saturated rings. The molecule has 0 bridgehead atoms. The molecule has 2 amide bonds. The van der Waals surface area contributed by atoms with Gasteiger partial charge in [-0.05, 0) is 45.7 Å². The van der Waals surface area contributed by atoms with Crippen molar-refractivity contribution in [2.24, 2.45) is 0 Å². The second-order valence-electron chi connectivity index (χ2n) is 7.97. The van der Waals surface area contributed by atoms with E-state index in [0.29, 0.717) is 17.9 Å². The highest BCUT2D eigenvalue weighted by Crippen LogP contribution is 2.21. The summed E-state index contributed by atoms with van der Waals surface area (Å²) in [5.41, 5.74) is 0.455. The average Bonchev–Trinajstić information content (AvgIpc) is 3.14. The summed E-state index contributed by atoms with van der Waals surface area (Å²) in [5.74, 6) is 0.229. The van der Waals surface area contributed by atoms with Crippen LogP contribution in [-0.2, 0) is 9.53 Å². The standard InChI is InChI=1S/C22H33N3O4/c1-4-28-20-10-6-5-9-19(20)22(27)23-12-21(26)25-11-7-8-18(25)15-24-13-16(2)29-17(3)14-24/h5-6,9-10,16-18H,4,7-8,11-15H2,1-3H3,(H,23,27). The van der Waals surface area contributed by atoms with Crippen LogP contribution < -0.4 is 10.1 Å². The van der Waals surface area contributed by atoms with Gasteiger partial charge >= 0.3 is 0 Å². The minimum atomic E-state index is -0.283. The van der Waals surface area contributed by atoms with Gasteiger partial charge in [0.05, 0.1) is 30.9 Å². The van der Waals surface area contributed by atoms with Gasteiger partial charge in [0.25, 0.3) is 5.91 Å². The zero-order chi connectivity index (χ0) is 20.8. The predicted octanol–water partition coefficient (Wildman–Crippen LogP) is 1.92. The summed E-state index contributed by atoms with van der Waals surface area (Å²) < 4.78 is 11.3. The number of para-hydroxylation sites is 1. The van der Waals surface area contributed by atoms with Gasteiger partial charge < -0.3 is 19.7 Å². The number of hydrogen-bond donors (Lipinski definition) is 1. The zero-order valence-corrected chi connectivity index (χ0v) is 17.7. The van der Waals surface area contributed by atoms with Gasteiger partial charge in [-0.3, -0.25) is 14.5 Å². The molecule has 0 saturated carbocycles. The molecule has 3 unspecified atom stereocenters. The number of amides is 2. The number of hydrogen-bond acceptors (Lipinski definition) is 5. The molecule has 3 atom stereocenters. The van der Waals surface area contributed by atoms with Crippen molar-refractivity contribution >= 4 is 11.8 Å². The van der Waals surface area contributed by atoms with Crippen LogP contribution in [-0.4, -0.2) is 79.2 Å². The number of morpholine rings is 1. The van der Waals surface area contributed by atoms with E-state index in [0.717, 1.165) is 39.0 Å². The lowest BCUT2D eigenvalue weighted by atomic mass is 10.1. The molecule has 160 valence electrons. The van der Waals surface area contributed by atoms with E-state index in [1.54, 1.807) is 18.2 Å². The minimum absolute atomic E-state index is 0.00566. The molecule has 2 heterocycles. The van der Waals surface area contributed by atoms with Crippen molar-refractivity contribution in [1.82, 2.24) is 15.1 Å². The number of likely N-dealkylation sites (tertiary alicyclic amines) is 1. The summed E-state index contributed by atoms with van der Waals surface area (Å²) in [5, 5.41) is 2.77. The van der Waals surface area contributed by atoms with E-state index in [-0.39, 0.29) is 36.6 Å². The summed E-state index contributed by atoms with van der Waals surface area (Å²) >= 11 is 0. The summed E-state index contributed by atoms with van der Waals surface area (Å²) in [6.45, 7) is 9.97. The van der Waals surface area contributed by atoms with Crippen LogP contribution in [0.4, 0.5) is 0 Å². The molecule has 7 heteroatoms. The van der Waals surface area contributed by atoms with Crippen LogP contribution in [0.5, 0.6) is 5.75 Å². The third-order valence-electron chi connectivity index (χ3n) is 5.49. The maximum absolute atomic E-state index is 12.8. The van der Waals surface area contributed by atoms with Crippen LogP contribution in [0.1, 0.15) is 44.0 Å². The Hall–Kier alpha value is -2.12. The Morgan fingerprint density at radius 2 is 1.93 bits per heavy atom. The number of nitrogens with zero attached hydrogens (tertiary/aromatic N) is 2. The van der Waals surface area contributed by atoms with E-state index in [2.05, 4.69) is 24.1 Å². The normalized spacial score (nSPS) is 25.1. The fourth-order valence-corrected chi connectivity index (χ4v) is 4.37. The Morgan fingerprint density at radius 1 is 1.21 bits per heavy atom. The van der Waals surface area contributed by atoms with Gasteiger partial charge in [0.1, 0.15) is 5.75 Å². The average molecular weight is 404 g/mol. The topological polar surface area (TPSA) is 71.1 Å². The number of ether oxygens (including phenoxy) is 2. The van der Waals surface area contributed by atoms with Crippen molar-refractivity contribution in [3.05, 3.63) is 29.8 Å².